The van der Waals surface area contributed by atoms with Gasteiger partial charge in [-0.2, -0.15) is 0 Å². The van der Waals surface area contributed by atoms with E-state index in [1.54, 1.807) is 0 Å². The zero-order valence-corrected chi connectivity index (χ0v) is 24.2. The summed E-state index contributed by atoms with van der Waals surface area (Å²) in [6, 6.07) is 52.3. The zero-order chi connectivity index (χ0) is 29.7. The maximum absolute atomic E-state index is 6.39. The lowest BCUT2D eigenvalue weighted by atomic mass is 9.96. The minimum Gasteiger partial charge on any atom is -0.456 e. The van der Waals surface area contributed by atoms with Gasteiger partial charge in [0.1, 0.15) is 11.2 Å². The van der Waals surface area contributed by atoms with Crippen LogP contribution < -0.4 is 0 Å². The third kappa shape index (κ3) is 4.35. The maximum Gasteiger partial charge on any atom is 0.164 e. The Morgan fingerprint density at radius 2 is 0.933 bits per heavy atom. The van der Waals surface area contributed by atoms with Crippen molar-refractivity contribution in [2.75, 3.05) is 0 Å². The Kier molecular flexibility index (Phi) is 5.78. The summed E-state index contributed by atoms with van der Waals surface area (Å²) >= 11 is 0. The molecule has 0 aliphatic heterocycles. The van der Waals surface area contributed by atoms with E-state index in [1.807, 2.05) is 72.8 Å². The van der Waals surface area contributed by atoms with Crippen molar-refractivity contribution in [2.45, 2.75) is 0 Å². The van der Waals surface area contributed by atoms with Crippen LogP contribution in [0.15, 0.2) is 156 Å². The van der Waals surface area contributed by atoms with E-state index in [-0.39, 0.29) is 0 Å². The number of fused-ring (bicyclic) bond motifs is 6. The normalized spacial score (nSPS) is 11.6. The molecule has 9 rings (SSSR count). The average Bonchev–Trinajstić information content (AvgIpc) is 3.50. The van der Waals surface area contributed by atoms with E-state index in [4.69, 9.17) is 19.4 Å². The van der Waals surface area contributed by atoms with Crippen molar-refractivity contribution in [2.24, 2.45) is 0 Å². The summed E-state index contributed by atoms with van der Waals surface area (Å²) in [5.74, 6) is 1.88. The van der Waals surface area contributed by atoms with Gasteiger partial charge in [0.05, 0.1) is 0 Å². The summed E-state index contributed by atoms with van der Waals surface area (Å²) in [7, 11) is 0. The van der Waals surface area contributed by atoms with Crippen molar-refractivity contribution in [1.29, 1.82) is 0 Å². The highest BCUT2D eigenvalue weighted by Crippen LogP contribution is 2.39. The van der Waals surface area contributed by atoms with E-state index in [2.05, 4.69) is 78.9 Å². The molecule has 0 bridgehead atoms. The van der Waals surface area contributed by atoms with Gasteiger partial charge in [0.15, 0.2) is 17.5 Å². The van der Waals surface area contributed by atoms with Crippen LogP contribution in [0.3, 0.4) is 0 Å². The van der Waals surface area contributed by atoms with Crippen molar-refractivity contribution >= 4 is 43.5 Å². The Balaban J connectivity index is 1.26. The van der Waals surface area contributed by atoms with Crippen molar-refractivity contribution in [1.82, 2.24) is 15.0 Å². The molecular formula is C41H25N3O. The lowest BCUT2D eigenvalue weighted by Gasteiger charge is -2.09. The molecule has 2 aromatic heterocycles. The fourth-order valence-electron chi connectivity index (χ4n) is 6.30. The second kappa shape index (κ2) is 10.2. The first-order chi connectivity index (χ1) is 22.3. The summed E-state index contributed by atoms with van der Waals surface area (Å²) in [6.07, 6.45) is 0. The third-order valence-corrected chi connectivity index (χ3v) is 8.52. The number of hydrogen-bond donors (Lipinski definition) is 0. The Morgan fingerprint density at radius 3 is 1.67 bits per heavy atom. The second-order valence-electron chi connectivity index (χ2n) is 11.3. The fourth-order valence-corrected chi connectivity index (χ4v) is 6.30. The summed E-state index contributed by atoms with van der Waals surface area (Å²) in [5.41, 5.74) is 6.69. The molecule has 0 atom stereocenters. The number of benzene rings is 7. The molecule has 0 unspecified atom stereocenters. The molecule has 210 valence electrons. The molecule has 9 aromatic rings. The van der Waals surface area contributed by atoms with Crippen LogP contribution in [0.2, 0.25) is 0 Å². The minimum atomic E-state index is 0.610. The zero-order valence-electron chi connectivity index (χ0n) is 24.2. The average molecular weight is 576 g/mol. The van der Waals surface area contributed by atoms with Crippen molar-refractivity contribution in [3.05, 3.63) is 152 Å². The summed E-state index contributed by atoms with van der Waals surface area (Å²) in [5, 5.41) is 6.99. The lowest BCUT2D eigenvalue weighted by molar-refractivity contribution is 0.669. The highest BCUT2D eigenvalue weighted by atomic mass is 16.3. The quantitative estimate of drug-likeness (QED) is 0.196. The van der Waals surface area contributed by atoms with E-state index < -0.39 is 0 Å². The topological polar surface area (TPSA) is 51.8 Å². The van der Waals surface area contributed by atoms with Crippen LogP contribution in [-0.2, 0) is 0 Å². The predicted molar refractivity (Wildman–Crippen MR) is 184 cm³/mol. The first-order valence-electron chi connectivity index (χ1n) is 15.0. The van der Waals surface area contributed by atoms with Gasteiger partial charge in [-0.3, -0.25) is 0 Å². The van der Waals surface area contributed by atoms with Crippen LogP contribution in [0.4, 0.5) is 0 Å². The molecule has 45 heavy (non-hydrogen) atoms. The molecule has 0 amide bonds. The molecule has 0 N–H and O–H groups in total. The number of nitrogens with zero attached hydrogens (tertiary/aromatic N) is 3. The Hall–Kier alpha value is -6.13. The smallest absolute Gasteiger partial charge is 0.164 e. The molecule has 0 saturated carbocycles. The van der Waals surface area contributed by atoms with Crippen molar-refractivity contribution in [3.63, 3.8) is 0 Å². The van der Waals surface area contributed by atoms with Crippen LogP contribution in [0.25, 0.3) is 88.8 Å². The van der Waals surface area contributed by atoms with Gasteiger partial charge in [0.2, 0.25) is 0 Å². The molecule has 0 radical (unpaired) electrons. The standard InChI is InChI=1S/C41H25N3O/c1-3-11-28(12-4-1)39-42-40(29-13-5-2-6-14-29)44-41(43-39)33-16-9-17-37-38(33)35-25-31(22-23-36(35)45-37)30-21-20-27-19-18-26-10-7-8-15-32(26)34(27)24-30/h1-25H. The predicted octanol–water partition coefficient (Wildman–Crippen LogP) is 10.7. The molecular weight excluding hydrogens is 550 g/mol. The number of furan rings is 1. The van der Waals surface area contributed by atoms with Crippen LogP contribution >= 0.6 is 0 Å². The van der Waals surface area contributed by atoms with Crippen LogP contribution in [0.5, 0.6) is 0 Å². The maximum atomic E-state index is 6.39. The Labute approximate surface area is 259 Å². The van der Waals surface area contributed by atoms with E-state index >= 15 is 0 Å². The van der Waals surface area contributed by atoms with E-state index in [0.29, 0.717) is 17.5 Å². The number of aromatic nitrogens is 3. The molecule has 0 aliphatic carbocycles. The van der Waals surface area contributed by atoms with Gasteiger partial charge >= 0.3 is 0 Å². The SMILES string of the molecule is c1ccc(-c2nc(-c3ccccc3)nc(-c3cccc4oc5ccc(-c6ccc7ccc8ccccc8c7c6)cc5c34)n2)cc1. The molecule has 4 nitrogen and oxygen atoms in total. The Bertz CT molecular complexity index is 2480. The highest BCUT2D eigenvalue weighted by Gasteiger charge is 2.18. The van der Waals surface area contributed by atoms with E-state index in [9.17, 15) is 0 Å². The van der Waals surface area contributed by atoms with Crippen molar-refractivity contribution < 1.29 is 4.42 Å². The molecule has 0 fully saturated rings. The van der Waals surface area contributed by atoms with Gasteiger partial charge in [0.25, 0.3) is 0 Å². The van der Waals surface area contributed by atoms with Crippen LogP contribution in [0.1, 0.15) is 0 Å². The van der Waals surface area contributed by atoms with Gasteiger partial charge in [-0.05, 0) is 56.9 Å². The summed E-state index contributed by atoms with van der Waals surface area (Å²) in [6.45, 7) is 0. The monoisotopic (exact) mass is 575 g/mol. The summed E-state index contributed by atoms with van der Waals surface area (Å²) in [4.78, 5) is 14.9. The fraction of sp³-hybridized carbons (Fsp3) is 0. The molecule has 0 aliphatic rings. The molecule has 4 heteroatoms. The van der Waals surface area contributed by atoms with Crippen LogP contribution in [0, 0.1) is 0 Å². The summed E-state index contributed by atoms with van der Waals surface area (Å²) < 4.78 is 6.39. The largest absolute Gasteiger partial charge is 0.456 e. The van der Waals surface area contributed by atoms with Gasteiger partial charge in [-0.15, -0.1) is 0 Å². The van der Waals surface area contributed by atoms with Crippen LogP contribution in [-0.4, -0.2) is 15.0 Å². The molecule has 0 spiro atoms. The number of rotatable bonds is 4. The van der Waals surface area contributed by atoms with E-state index in [1.165, 1.54) is 21.5 Å². The second-order valence-corrected chi connectivity index (χ2v) is 11.3. The van der Waals surface area contributed by atoms with Gasteiger partial charge in [0, 0.05) is 27.5 Å². The third-order valence-electron chi connectivity index (χ3n) is 8.52. The lowest BCUT2D eigenvalue weighted by Crippen LogP contribution is -2.00. The van der Waals surface area contributed by atoms with Gasteiger partial charge < -0.3 is 4.42 Å². The highest BCUT2D eigenvalue weighted by molar-refractivity contribution is 6.13. The minimum absolute atomic E-state index is 0.610. The van der Waals surface area contributed by atoms with E-state index in [0.717, 1.165) is 49.8 Å². The van der Waals surface area contributed by atoms with Gasteiger partial charge in [-0.25, -0.2) is 15.0 Å². The van der Waals surface area contributed by atoms with Crippen molar-refractivity contribution in [3.8, 4) is 45.3 Å². The number of hydrogen-bond acceptors (Lipinski definition) is 4. The first-order valence-corrected chi connectivity index (χ1v) is 15.0. The molecule has 7 aromatic carbocycles. The van der Waals surface area contributed by atoms with Gasteiger partial charge in [-0.1, -0.05) is 127 Å². The first kappa shape index (κ1) is 25.4. The Morgan fingerprint density at radius 1 is 0.356 bits per heavy atom. The molecule has 0 saturated heterocycles. The molecule has 2 heterocycles.